The summed E-state index contributed by atoms with van der Waals surface area (Å²) in [4.78, 5) is 28.6. The molecule has 0 spiro atoms. The molecule has 0 bridgehead atoms. The molecule has 3 aromatic carbocycles. The first-order valence-electron chi connectivity index (χ1n) is 14.3. The minimum Gasteiger partial charge on any atom is -0.497 e. The molecule has 8 nitrogen and oxygen atoms in total. The molecule has 0 aliphatic carbocycles. The summed E-state index contributed by atoms with van der Waals surface area (Å²) in [5, 5.41) is 2.25. The minimum atomic E-state index is -4.89. The molecular formula is C32H37ClF3N3O5S. The van der Waals surface area contributed by atoms with Crippen LogP contribution in [0.5, 0.6) is 5.75 Å². The molecular weight excluding hydrogens is 631 g/mol. The van der Waals surface area contributed by atoms with E-state index in [1.807, 2.05) is 13.8 Å². The van der Waals surface area contributed by atoms with Gasteiger partial charge in [0.1, 0.15) is 18.3 Å². The maximum atomic E-state index is 14.2. The van der Waals surface area contributed by atoms with Gasteiger partial charge in [0, 0.05) is 12.6 Å². The van der Waals surface area contributed by atoms with Crippen molar-refractivity contribution in [2.45, 2.75) is 70.2 Å². The number of aryl methyl sites for hydroxylation is 1. The molecule has 45 heavy (non-hydrogen) atoms. The van der Waals surface area contributed by atoms with Crippen molar-refractivity contribution in [1.29, 1.82) is 0 Å². The molecule has 0 aromatic heterocycles. The molecule has 0 saturated carbocycles. The highest BCUT2D eigenvalue weighted by atomic mass is 35.5. The Morgan fingerprint density at radius 1 is 0.978 bits per heavy atom. The molecule has 0 unspecified atom stereocenters. The van der Waals surface area contributed by atoms with Crippen LogP contribution in [0.15, 0.2) is 71.6 Å². The number of halogens is 4. The van der Waals surface area contributed by atoms with Crippen molar-refractivity contribution >= 4 is 39.1 Å². The quantitative estimate of drug-likeness (QED) is 0.222. The predicted octanol–water partition coefficient (Wildman–Crippen LogP) is 6.59. The van der Waals surface area contributed by atoms with Crippen molar-refractivity contribution < 1.29 is 35.9 Å². The normalized spacial score (nSPS) is 13.1. The lowest BCUT2D eigenvalue weighted by Gasteiger charge is -2.34. The van der Waals surface area contributed by atoms with Gasteiger partial charge < -0.3 is 15.0 Å². The second-order valence-corrected chi connectivity index (χ2v) is 12.9. The minimum absolute atomic E-state index is 0.0813. The summed E-state index contributed by atoms with van der Waals surface area (Å²) in [7, 11) is -3.07. The van der Waals surface area contributed by atoms with Gasteiger partial charge >= 0.3 is 6.18 Å². The fraction of sp³-hybridized carbons (Fsp3) is 0.375. The molecule has 0 aliphatic heterocycles. The van der Waals surface area contributed by atoms with Gasteiger partial charge in [0.25, 0.3) is 10.0 Å². The standard InChI is InChI=1S/C32H37ClF3N3O5S/c1-6-22(4)37-31(41)29(7-2)38(19-23-10-13-25(44-5)14-11-23)30(40)20-39(45(42,43)26-15-8-21(3)9-16-26)24-12-17-28(33)27(18-24)32(34,35)36/h8-18,22,29H,6-7,19-20H2,1-5H3,(H,37,41)/t22-,29-/m0/s1. The molecule has 0 saturated heterocycles. The van der Waals surface area contributed by atoms with Crippen LogP contribution in [-0.2, 0) is 32.3 Å². The summed E-state index contributed by atoms with van der Waals surface area (Å²) in [6, 6.07) is 13.9. The summed E-state index contributed by atoms with van der Waals surface area (Å²) in [6.45, 7) is 6.19. The number of hydrogen-bond acceptors (Lipinski definition) is 5. The van der Waals surface area contributed by atoms with E-state index < -0.39 is 56.9 Å². The van der Waals surface area contributed by atoms with Crippen LogP contribution in [0.1, 0.15) is 50.3 Å². The van der Waals surface area contributed by atoms with Crippen molar-refractivity contribution in [2.75, 3.05) is 18.0 Å². The number of alkyl halides is 3. The Morgan fingerprint density at radius 2 is 1.60 bits per heavy atom. The van der Waals surface area contributed by atoms with Crippen molar-refractivity contribution in [3.8, 4) is 5.75 Å². The number of carbonyl (C=O) groups is 2. The molecule has 1 N–H and O–H groups in total. The first kappa shape index (κ1) is 35.7. The number of amides is 2. The summed E-state index contributed by atoms with van der Waals surface area (Å²) in [6.07, 6.45) is -4.07. The first-order chi connectivity index (χ1) is 21.1. The van der Waals surface area contributed by atoms with E-state index in [-0.39, 0.29) is 23.9 Å². The van der Waals surface area contributed by atoms with E-state index >= 15 is 0 Å². The Kier molecular flexibility index (Phi) is 11.9. The van der Waals surface area contributed by atoms with E-state index in [4.69, 9.17) is 16.3 Å². The molecule has 244 valence electrons. The molecule has 3 aromatic rings. The summed E-state index contributed by atoms with van der Waals surface area (Å²) in [5.41, 5.74) is -0.293. The zero-order valence-electron chi connectivity index (χ0n) is 25.7. The number of carbonyl (C=O) groups excluding carboxylic acids is 2. The monoisotopic (exact) mass is 667 g/mol. The van der Waals surface area contributed by atoms with E-state index in [1.54, 1.807) is 38.1 Å². The van der Waals surface area contributed by atoms with Gasteiger partial charge in [-0.1, -0.05) is 55.3 Å². The van der Waals surface area contributed by atoms with Gasteiger partial charge in [-0.2, -0.15) is 13.2 Å². The van der Waals surface area contributed by atoms with Crippen LogP contribution in [0.4, 0.5) is 18.9 Å². The number of ether oxygens (including phenoxy) is 1. The molecule has 0 aliphatic rings. The Bertz CT molecular complexity index is 1580. The van der Waals surface area contributed by atoms with Crippen LogP contribution in [0.25, 0.3) is 0 Å². The highest BCUT2D eigenvalue weighted by Gasteiger charge is 2.37. The van der Waals surface area contributed by atoms with Gasteiger partial charge in [-0.25, -0.2) is 8.42 Å². The van der Waals surface area contributed by atoms with Crippen LogP contribution in [0.2, 0.25) is 5.02 Å². The molecule has 0 radical (unpaired) electrons. The topological polar surface area (TPSA) is 96.0 Å². The maximum absolute atomic E-state index is 14.2. The Morgan fingerprint density at radius 3 is 2.13 bits per heavy atom. The highest BCUT2D eigenvalue weighted by Crippen LogP contribution is 2.38. The molecule has 2 atom stereocenters. The van der Waals surface area contributed by atoms with Gasteiger partial charge in [0.2, 0.25) is 11.8 Å². The number of sulfonamides is 1. The summed E-state index contributed by atoms with van der Waals surface area (Å²) in [5.74, 6) is -0.666. The van der Waals surface area contributed by atoms with E-state index in [0.717, 1.165) is 17.7 Å². The number of methoxy groups -OCH3 is 1. The lowest BCUT2D eigenvalue weighted by molar-refractivity contribution is -0.140. The third-order valence-electron chi connectivity index (χ3n) is 7.33. The highest BCUT2D eigenvalue weighted by molar-refractivity contribution is 7.92. The number of nitrogens with one attached hydrogen (secondary N) is 1. The first-order valence-corrected chi connectivity index (χ1v) is 16.1. The smallest absolute Gasteiger partial charge is 0.417 e. The Balaban J connectivity index is 2.14. The van der Waals surface area contributed by atoms with Gasteiger partial charge in [0.15, 0.2) is 0 Å². The molecule has 2 amide bonds. The van der Waals surface area contributed by atoms with Crippen LogP contribution >= 0.6 is 11.6 Å². The second kappa shape index (κ2) is 15.0. The van der Waals surface area contributed by atoms with Gasteiger partial charge in [0.05, 0.1) is 28.3 Å². The predicted molar refractivity (Wildman–Crippen MR) is 168 cm³/mol. The van der Waals surface area contributed by atoms with Crippen LogP contribution in [-0.4, -0.2) is 50.9 Å². The van der Waals surface area contributed by atoms with Crippen molar-refractivity contribution in [3.63, 3.8) is 0 Å². The van der Waals surface area contributed by atoms with E-state index in [1.165, 1.54) is 36.3 Å². The molecule has 0 heterocycles. The number of hydrogen-bond donors (Lipinski definition) is 1. The lowest BCUT2D eigenvalue weighted by atomic mass is 10.1. The fourth-order valence-corrected chi connectivity index (χ4v) is 6.17. The maximum Gasteiger partial charge on any atom is 0.417 e. The second-order valence-electron chi connectivity index (χ2n) is 10.6. The zero-order chi connectivity index (χ0) is 33.5. The van der Waals surface area contributed by atoms with Crippen molar-refractivity contribution in [3.05, 3.63) is 88.4 Å². The van der Waals surface area contributed by atoms with E-state index in [2.05, 4.69) is 5.32 Å². The Hall–Kier alpha value is -3.77. The zero-order valence-corrected chi connectivity index (χ0v) is 27.3. The Labute approximate surface area is 267 Å². The van der Waals surface area contributed by atoms with Gasteiger partial charge in [-0.05, 0) is 74.7 Å². The van der Waals surface area contributed by atoms with Crippen molar-refractivity contribution in [2.24, 2.45) is 0 Å². The SMILES string of the molecule is CC[C@H](C)NC(=O)[C@H](CC)N(Cc1ccc(OC)cc1)C(=O)CN(c1ccc(Cl)c(C(F)(F)F)c1)S(=O)(=O)c1ccc(C)cc1. The number of benzene rings is 3. The van der Waals surface area contributed by atoms with Crippen LogP contribution in [0, 0.1) is 6.92 Å². The number of nitrogens with zero attached hydrogens (tertiary/aromatic N) is 2. The average Bonchev–Trinajstić information content (AvgIpc) is 2.99. The van der Waals surface area contributed by atoms with Gasteiger partial charge in [-0.15, -0.1) is 0 Å². The number of rotatable bonds is 13. The summed E-state index contributed by atoms with van der Waals surface area (Å²) >= 11 is 5.83. The third-order valence-corrected chi connectivity index (χ3v) is 9.45. The van der Waals surface area contributed by atoms with Crippen LogP contribution < -0.4 is 14.4 Å². The van der Waals surface area contributed by atoms with E-state index in [9.17, 15) is 31.2 Å². The van der Waals surface area contributed by atoms with E-state index in [0.29, 0.717) is 28.1 Å². The average molecular weight is 668 g/mol. The summed E-state index contributed by atoms with van der Waals surface area (Å²) < 4.78 is 75.3. The fourth-order valence-electron chi connectivity index (χ4n) is 4.54. The lowest BCUT2D eigenvalue weighted by Crippen LogP contribution is -2.53. The van der Waals surface area contributed by atoms with Crippen molar-refractivity contribution in [1.82, 2.24) is 10.2 Å². The van der Waals surface area contributed by atoms with Gasteiger partial charge in [-0.3, -0.25) is 13.9 Å². The largest absolute Gasteiger partial charge is 0.497 e. The molecule has 3 rings (SSSR count). The van der Waals surface area contributed by atoms with Crippen LogP contribution in [0.3, 0.4) is 0 Å². The molecule has 0 fully saturated rings. The molecule has 13 heteroatoms. The number of anilines is 1. The third kappa shape index (κ3) is 8.91.